The summed E-state index contributed by atoms with van der Waals surface area (Å²) in [5.41, 5.74) is 4.24. The Bertz CT molecular complexity index is 1560. The number of hydrogen-bond acceptors (Lipinski definition) is 5. The molecule has 1 atom stereocenters. The lowest BCUT2D eigenvalue weighted by molar-refractivity contribution is -0.160. The highest BCUT2D eigenvalue weighted by Crippen LogP contribution is 2.43. The van der Waals surface area contributed by atoms with Gasteiger partial charge in [0, 0.05) is 40.1 Å². The summed E-state index contributed by atoms with van der Waals surface area (Å²) in [7, 11) is 0. The molecule has 6 nitrogen and oxygen atoms in total. The van der Waals surface area contributed by atoms with Crippen LogP contribution in [0.4, 0.5) is 0 Å². The zero-order chi connectivity index (χ0) is 24.9. The maximum Gasteiger partial charge on any atom is 0.337 e. The number of benzene rings is 2. The van der Waals surface area contributed by atoms with E-state index in [4.69, 9.17) is 21.3 Å². The van der Waals surface area contributed by atoms with Gasteiger partial charge in [-0.25, -0.2) is 9.78 Å². The molecule has 0 saturated carbocycles. The third-order valence-corrected chi connectivity index (χ3v) is 7.04. The van der Waals surface area contributed by atoms with E-state index in [9.17, 15) is 9.90 Å². The number of aryl methyl sites for hydroxylation is 1. The van der Waals surface area contributed by atoms with Gasteiger partial charge in [-0.15, -0.1) is 0 Å². The first-order valence-corrected chi connectivity index (χ1v) is 12.3. The number of hydrogen-bond donors (Lipinski definition) is 1. The molecule has 35 heavy (non-hydrogen) atoms. The lowest BCUT2D eigenvalue weighted by Crippen LogP contribution is -2.28. The van der Waals surface area contributed by atoms with Crippen molar-refractivity contribution >= 4 is 50.0 Å². The number of aliphatic carboxylic acids is 1. The van der Waals surface area contributed by atoms with E-state index in [0.29, 0.717) is 10.6 Å². The fourth-order valence-corrected chi connectivity index (χ4v) is 5.53. The van der Waals surface area contributed by atoms with Crippen molar-refractivity contribution in [2.45, 2.75) is 39.4 Å². The lowest BCUT2D eigenvalue weighted by atomic mass is 9.91. The zero-order valence-corrected chi connectivity index (χ0v) is 21.3. The van der Waals surface area contributed by atoms with Gasteiger partial charge >= 0.3 is 5.97 Å². The molecule has 0 saturated heterocycles. The van der Waals surface area contributed by atoms with Crippen LogP contribution in [0.2, 0.25) is 5.02 Å². The summed E-state index contributed by atoms with van der Waals surface area (Å²) in [4.78, 5) is 21.6. The van der Waals surface area contributed by atoms with E-state index in [1.54, 1.807) is 6.20 Å². The van der Waals surface area contributed by atoms with Crippen molar-refractivity contribution in [3.05, 3.63) is 77.2 Å². The predicted molar refractivity (Wildman–Crippen MR) is 141 cm³/mol. The first kappa shape index (κ1) is 23.5. The van der Waals surface area contributed by atoms with Gasteiger partial charge in [0.05, 0.1) is 21.3 Å². The van der Waals surface area contributed by atoms with E-state index >= 15 is 0 Å². The van der Waals surface area contributed by atoms with Gasteiger partial charge in [-0.3, -0.25) is 9.55 Å². The Morgan fingerprint density at radius 1 is 1.17 bits per heavy atom. The number of pyridine rings is 1. The van der Waals surface area contributed by atoms with Gasteiger partial charge in [-0.2, -0.15) is 0 Å². The Kier molecular flexibility index (Phi) is 5.87. The molecule has 0 aliphatic carbocycles. The molecule has 0 radical (unpaired) electrons. The minimum Gasteiger partial charge on any atom is -0.479 e. The van der Waals surface area contributed by atoms with Gasteiger partial charge in [0.1, 0.15) is 0 Å². The van der Waals surface area contributed by atoms with Gasteiger partial charge < -0.3 is 9.84 Å². The second-order valence-electron chi connectivity index (χ2n) is 9.40. The van der Waals surface area contributed by atoms with Gasteiger partial charge in [0.25, 0.3) is 0 Å². The van der Waals surface area contributed by atoms with Gasteiger partial charge in [-0.05, 0) is 69.2 Å². The zero-order valence-electron chi connectivity index (χ0n) is 19.7. The molecule has 178 valence electrons. The molecular weight excluding hydrogens is 482 g/mol. The van der Waals surface area contributed by atoms with Crippen LogP contribution in [0.1, 0.15) is 38.0 Å². The van der Waals surface area contributed by atoms with Crippen LogP contribution in [0.3, 0.4) is 0 Å². The first-order chi connectivity index (χ1) is 16.6. The van der Waals surface area contributed by atoms with Crippen LogP contribution in [0.25, 0.3) is 37.4 Å². The third-order valence-electron chi connectivity index (χ3n) is 5.70. The maximum absolute atomic E-state index is 12.5. The average Bonchev–Trinajstić information content (AvgIpc) is 3.40. The van der Waals surface area contributed by atoms with Crippen LogP contribution in [0.5, 0.6) is 0 Å². The van der Waals surface area contributed by atoms with Crippen LogP contribution in [-0.4, -0.2) is 31.2 Å². The predicted octanol–water partition coefficient (Wildman–Crippen LogP) is 7.20. The molecular formula is C27H24ClN3O3S. The largest absolute Gasteiger partial charge is 0.479 e. The Morgan fingerprint density at radius 2 is 1.91 bits per heavy atom. The average molecular weight is 506 g/mol. The van der Waals surface area contributed by atoms with Crippen molar-refractivity contribution < 1.29 is 14.6 Å². The highest BCUT2D eigenvalue weighted by molar-refractivity contribution is 7.21. The molecule has 3 heterocycles. The number of nitrogens with zero attached hydrogens (tertiary/aromatic N) is 3. The normalized spacial score (nSPS) is 12.9. The van der Waals surface area contributed by atoms with Gasteiger partial charge in [0.15, 0.2) is 11.2 Å². The maximum atomic E-state index is 12.5. The summed E-state index contributed by atoms with van der Waals surface area (Å²) >= 11 is 7.69. The van der Waals surface area contributed by atoms with E-state index in [1.165, 1.54) is 11.3 Å². The molecule has 0 fully saturated rings. The standard InChI is InChI=1S/C27H24ClN3O3S/c1-15-13-19-24(35-26(30-19)31-12-10-17-14-29-11-9-20(17)31)22(16-5-7-18(28)8-6-16)21(15)23(25(32)33)34-27(2,3)4/h5-14,23H,1-4H3,(H,32,33)/t23-/m0/s1. The first-order valence-electron chi connectivity index (χ1n) is 11.1. The van der Waals surface area contributed by atoms with Crippen LogP contribution in [-0.2, 0) is 9.53 Å². The van der Waals surface area contributed by atoms with Crippen molar-refractivity contribution in [2.75, 3.05) is 0 Å². The number of carboxylic acids is 1. The number of fused-ring (bicyclic) bond motifs is 2. The molecule has 5 rings (SSSR count). The van der Waals surface area contributed by atoms with Crippen LogP contribution in [0, 0.1) is 6.92 Å². The fraction of sp³-hybridized carbons (Fsp3) is 0.222. The number of halogens is 1. The molecule has 5 aromatic rings. The van der Waals surface area contributed by atoms with Crippen molar-refractivity contribution in [2.24, 2.45) is 0 Å². The number of carbonyl (C=O) groups is 1. The van der Waals surface area contributed by atoms with Crippen LogP contribution >= 0.6 is 22.9 Å². The van der Waals surface area contributed by atoms with Gasteiger partial charge in [-0.1, -0.05) is 35.1 Å². The second kappa shape index (κ2) is 8.75. The summed E-state index contributed by atoms with van der Waals surface area (Å²) in [6.07, 6.45) is 4.41. The van der Waals surface area contributed by atoms with Gasteiger partial charge in [0.2, 0.25) is 0 Å². The molecule has 8 heteroatoms. The van der Waals surface area contributed by atoms with E-state index in [2.05, 4.69) is 4.98 Å². The Balaban J connectivity index is 1.81. The number of thiazole rings is 1. The summed E-state index contributed by atoms with van der Waals surface area (Å²) in [6, 6.07) is 13.3. The van der Waals surface area contributed by atoms with Crippen LogP contribution in [0.15, 0.2) is 61.1 Å². The molecule has 0 spiro atoms. The highest BCUT2D eigenvalue weighted by atomic mass is 35.5. The molecule has 0 unspecified atom stereocenters. The highest BCUT2D eigenvalue weighted by Gasteiger charge is 2.32. The summed E-state index contributed by atoms with van der Waals surface area (Å²) in [5, 5.41) is 12.6. The van der Waals surface area contributed by atoms with E-state index in [-0.39, 0.29) is 0 Å². The molecule has 0 aliphatic rings. The lowest BCUT2D eigenvalue weighted by Gasteiger charge is -2.28. The Hall–Kier alpha value is -3.26. The monoisotopic (exact) mass is 505 g/mol. The molecule has 1 N–H and O–H groups in total. The Labute approximate surface area is 211 Å². The van der Waals surface area contributed by atoms with E-state index < -0.39 is 17.7 Å². The summed E-state index contributed by atoms with van der Waals surface area (Å²) in [6.45, 7) is 7.48. The van der Waals surface area contributed by atoms with Crippen LogP contribution < -0.4 is 0 Å². The number of aromatic nitrogens is 3. The topological polar surface area (TPSA) is 77.2 Å². The number of carboxylic acid groups (broad SMARTS) is 1. The molecule has 2 aromatic carbocycles. The number of ether oxygens (including phenoxy) is 1. The minimum atomic E-state index is -1.14. The Morgan fingerprint density at radius 3 is 2.60 bits per heavy atom. The summed E-state index contributed by atoms with van der Waals surface area (Å²) in [5.74, 6) is -1.04. The van der Waals surface area contributed by atoms with Crippen molar-refractivity contribution in [3.8, 4) is 16.3 Å². The molecule has 0 aliphatic heterocycles. The minimum absolute atomic E-state index is 0.609. The SMILES string of the molecule is Cc1cc2nc(-n3ccc4cnccc43)sc2c(-c2ccc(Cl)cc2)c1[C@H](OC(C)(C)C)C(=O)O. The second-order valence-corrected chi connectivity index (χ2v) is 10.8. The van der Waals surface area contributed by atoms with E-state index in [0.717, 1.165) is 42.9 Å². The fourth-order valence-electron chi connectivity index (χ4n) is 4.28. The van der Waals surface area contributed by atoms with E-state index in [1.807, 2.05) is 87.1 Å². The molecule has 3 aromatic heterocycles. The number of rotatable bonds is 5. The summed E-state index contributed by atoms with van der Waals surface area (Å²) < 4.78 is 9.01. The smallest absolute Gasteiger partial charge is 0.337 e. The van der Waals surface area contributed by atoms with Crippen molar-refractivity contribution in [3.63, 3.8) is 0 Å². The molecule has 0 amide bonds. The third kappa shape index (κ3) is 4.43. The molecule has 0 bridgehead atoms. The van der Waals surface area contributed by atoms with Crippen molar-refractivity contribution in [1.82, 2.24) is 14.5 Å². The quantitative estimate of drug-likeness (QED) is 0.273. The van der Waals surface area contributed by atoms with Crippen molar-refractivity contribution in [1.29, 1.82) is 0 Å².